The molecule has 0 aromatic heterocycles. The van der Waals surface area contributed by atoms with Gasteiger partial charge in [-0.25, -0.2) is 0 Å². The Kier molecular flexibility index (Phi) is 6.17. The molecule has 0 fully saturated rings. The van der Waals surface area contributed by atoms with Crippen LogP contribution in [0.1, 0.15) is 24.2 Å². The van der Waals surface area contributed by atoms with E-state index in [0.29, 0.717) is 17.1 Å². The number of carbonyl (C=O) groups excluding carboxylic acids is 1. The van der Waals surface area contributed by atoms with Gasteiger partial charge in [-0.15, -0.1) is 12.6 Å². The summed E-state index contributed by atoms with van der Waals surface area (Å²) in [7, 11) is 3.99. The second-order valence-corrected chi connectivity index (χ2v) is 5.79. The maximum absolute atomic E-state index is 12.6. The highest BCUT2D eigenvalue weighted by Gasteiger charge is 2.22. The number of benzene rings is 1. The molecule has 0 aliphatic carbocycles. The van der Waals surface area contributed by atoms with Crippen LogP contribution >= 0.6 is 24.2 Å². The van der Waals surface area contributed by atoms with Crippen molar-refractivity contribution in [2.45, 2.75) is 24.8 Å². The Balaban J connectivity index is 2.98. The zero-order valence-corrected chi connectivity index (χ0v) is 13.5. The minimum atomic E-state index is -0.0437. The third kappa shape index (κ3) is 4.41. The smallest absolute Gasteiger partial charge is 0.255 e. The van der Waals surface area contributed by atoms with Crippen LogP contribution in [-0.2, 0) is 0 Å². The van der Waals surface area contributed by atoms with Crippen molar-refractivity contribution in [1.82, 2.24) is 9.80 Å². The molecule has 0 heterocycles. The Morgan fingerprint density at radius 3 is 2.58 bits per heavy atom. The van der Waals surface area contributed by atoms with Crippen molar-refractivity contribution in [1.29, 1.82) is 0 Å². The standard InChI is InChI=1S/C14H21ClN2OS/c1-5-17(10(2)9-16(3)4)14(18)12-8-11(19)6-7-13(12)15/h6-8,10,19H,5,9H2,1-4H3. The van der Waals surface area contributed by atoms with Gasteiger partial charge in [0.1, 0.15) is 0 Å². The molecule has 1 atom stereocenters. The van der Waals surface area contributed by atoms with Crippen molar-refractivity contribution in [3.63, 3.8) is 0 Å². The molecule has 1 rings (SSSR count). The maximum Gasteiger partial charge on any atom is 0.255 e. The molecule has 0 aliphatic rings. The van der Waals surface area contributed by atoms with Gasteiger partial charge in [-0.2, -0.15) is 0 Å². The van der Waals surface area contributed by atoms with E-state index in [0.717, 1.165) is 11.4 Å². The van der Waals surface area contributed by atoms with Crippen LogP contribution in [0.2, 0.25) is 5.02 Å². The predicted molar refractivity (Wildman–Crippen MR) is 83.4 cm³/mol. The van der Waals surface area contributed by atoms with Gasteiger partial charge in [0.25, 0.3) is 5.91 Å². The third-order valence-corrected chi connectivity index (χ3v) is 3.55. The van der Waals surface area contributed by atoms with E-state index in [-0.39, 0.29) is 11.9 Å². The van der Waals surface area contributed by atoms with E-state index in [4.69, 9.17) is 11.6 Å². The third-order valence-electron chi connectivity index (χ3n) is 2.94. The zero-order valence-electron chi connectivity index (χ0n) is 11.9. The number of rotatable bonds is 5. The van der Waals surface area contributed by atoms with Gasteiger partial charge in [-0.05, 0) is 46.1 Å². The first-order valence-corrected chi connectivity index (χ1v) is 7.13. The predicted octanol–water partition coefficient (Wildman–Crippen LogP) is 3.04. The van der Waals surface area contributed by atoms with E-state index in [1.54, 1.807) is 18.2 Å². The summed E-state index contributed by atoms with van der Waals surface area (Å²) >= 11 is 10.4. The van der Waals surface area contributed by atoms with Gasteiger partial charge < -0.3 is 9.80 Å². The maximum atomic E-state index is 12.6. The lowest BCUT2D eigenvalue weighted by atomic mass is 10.1. The molecular formula is C14H21ClN2OS. The fraction of sp³-hybridized carbons (Fsp3) is 0.500. The van der Waals surface area contributed by atoms with Crippen LogP contribution in [0.3, 0.4) is 0 Å². The number of halogens is 1. The lowest BCUT2D eigenvalue weighted by molar-refractivity contribution is 0.0679. The number of hydrogen-bond donors (Lipinski definition) is 1. The molecule has 1 unspecified atom stereocenters. The van der Waals surface area contributed by atoms with E-state index in [1.807, 2.05) is 32.8 Å². The Bertz CT molecular complexity index is 451. The Labute approximate surface area is 125 Å². The number of thiol groups is 1. The van der Waals surface area contributed by atoms with Crippen LogP contribution in [0.15, 0.2) is 23.1 Å². The minimum Gasteiger partial charge on any atom is -0.335 e. The monoisotopic (exact) mass is 300 g/mol. The van der Waals surface area contributed by atoms with Gasteiger partial charge in [0.2, 0.25) is 0 Å². The molecule has 0 N–H and O–H groups in total. The second-order valence-electron chi connectivity index (χ2n) is 4.87. The molecule has 0 aliphatic heterocycles. The van der Waals surface area contributed by atoms with Crippen molar-refractivity contribution in [3.05, 3.63) is 28.8 Å². The molecule has 0 radical (unpaired) electrons. The summed E-state index contributed by atoms with van der Waals surface area (Å²) < 4.78 is 0. The van der Waals surface area contributed by atoms with Crippen molar-refractivity contribution in [2.75, 3.05) is 27.2 Å². The highest BCUT2D eigenvalue weighted by Crippen LogP contribution is 2.22. The van der Waals surface area contributed by atoms with E-state index < -0.39 is 0 Å². The van der Waals surface area contributed by atoms with E-state index in [1.165, 1.54) is 0 Å². The van der Waals surface area contributed by atoms with Gasteiger partial charge in [0.05, 0.1) is 10.6 Å². The Morgan fingerprint density at radius 2 is 2.05 bits per heavy atom. The molecule has 19 heavy (non-hydrogen) atoms. The summed E-state index contributed by atoms with van der Waals surface area (Å²) in [5.74, 6) is -0.0437. The van der Waals surface area contributed by atoms with Crippen LogP contribution in [0.5, 0.6) is 0 Å². The Morgan fingerprint density at radius 1 is 1.42 bits per heavy atom. The van der Waals surface area contributed by atoms with Crippen molar-refractivity contribution in [3.8, 4) is 0 Å². The van der Waals surface area contributed by atoms with Crippen molar-refractivity contribution < 1.29 is 4.79 Å². The summed E-state index contributed by atoms with van der Waals surface area (Å²) in [5, 5.41) is 0.471. The summed E-state index contributed by atoms with van der Waals surface area (Å²) in [6, 6.07) is 5.34. The summed E-state index contributed by atoms with van der Waals surface area (Å²) in [4.78, 5) is 17.2. The first kappa shape index (κ1) is 16.3. The largest absolute Gasteiger partial charge is 0.335 e. The highest BCUT2D eigenvalue weighted by atomic mass is 35.5. The van der Waals surface area contributed by atoms with Crippen LogP contribution in [0.25, 0.3) is 0 Å². The zero-order chi connectivity index (χ0) is 14.6. The first-order valence-electron chi connectivity index (χ1n) is 6.31. The summed E-state index contributed by atoms with van der Waals surface area (Å²) in [6.07, 6.45) is 0. The topological polar surface area (TPSA) is 23.6 Å². The summed E-state index contributed by atoms with van der Waals surface area (Å²) in [6.45, 7) is 5.49. The lowest BCUT2D eigenvalue weighted by Gasteiger charge is -2.30. The fourth-order valence-electron chi connectivity index (χ4n) is 2.11. The molecule has 106 valence electrons. The van der Waals surface area contributed by atoms with Crippen LogP contribution in [-0.4, -0.2) is 48.9 Å². The van der Waals surface area contributed by atoms with E-state index in [9.17, 15) is 4.79 Å². The molecular weight excluding hydrogens is 280 g/mol. The molecule has 0 spiro atoms. The van der Waals surface area contributed by atoms with Crippen molar-refractivity contribution in [2.24, 2.45) is 0 Å². The average molecular weight is 301 g/mol. The fourth-order valence-corrected chi connectivity index (χ4v) is 2.52. The van der Waals surface area contributed by atoms with E-state index >= 15 is 0 Å². The number of carbonyl (C=O) groups is 1. The van der Waals surface area contributed by atoms with Gasteiger partial charge in [0, 0.05) is 24.0 Å². The van der Waals surface area contributed by atoms with Gasteiger partial charge in [-0.3, -0.25) is 4.79 Å². The second kappa shape index (κ2) is 7.17. The van der Waals surface area contributed by atoms with E-state index in [2.05, 4.69) is 17.5 Å². The lowest BCUT2D eigenvalue weighted by Crippen LogP contribution is -2.43. The molecule has 0 saturated heterocycles. The highest BCUT2D eigenvalue weighted by molar-refractivity contribution is 7.80. The molecule has 5 heteroatoms. The normalized spacial score (nSPS) is 12.6. The van der Waals surface area contributed by atoms with Crippen LogP contribution in [0.4, 0.5) is 0 Å². The summed E-state index contributed by atoms with van der Waals surface area (Å²) in [5.41, 5.74) is 0.515. The molecule has 1 amide bonds. The quantitative estimate of drug-likeness (QED) is 0.845. The molecule has 1 aromatic rings. The molecule has 1 aromatic carbocycles. The molecule has 3 nitrogen and oxygen atoms in total. The average Bonchev–Trinajstić information content (AvgIpc) is 2.32. The molecule has 0 bridgehead atoms. The first-order chi connectivity index (χ1) is 8.86. The van der Waals surface area contributed by atoms with Crippen LogP contribution < -0.4 is 0 Å². The number of likely N-dealkylation sites (N-methyl/N-ethyl adjacent to an activating group) is 2. The Hall–Kier alpha value is -0.710. The van der Waals surface area contributed by atoms with Gasteiger partial charge in [-0.1, -0.05) is 11.6 Å². The van der Waals surface area contributed by atoms with Gasteiger partial charge >= 0.3 is 0 Å². The van der Waals surface area contributed by atoms with Gasteiger partial charge in [0.15, 0.2) is 0 Å². The molecule has 0 saturated carbocycles. The number of hydrogen-bond acceptors (Lipinski definition) is 3. The minimum absolute atomic E-state index is 0.0437. The SMILES string of the molecule is CCN(C(=O)c1cc(S)ccc1Cl)C(C)CN(C)C. The van der Waals surface area contributed by atoms with Crippen LogP contribution in [0, 0.1) is 0 Å². The number of nitrogens with zero attached hydrogens (tertiary/aromatic N) is 2. The number of amides is 1. The van der Waals surface area contributed by atoms with Crippen molar-refractivity contribution >= 4 is 30.1 Å².